The number of fused-ring (bicyclic) bond motifs is 1. The third-order valence-electron chi connectivity index (χ3n) is 6.42. The van der Waals surface area contributed by atoms with Crippen molar-refractivity contribution in [1.82, 2.24) is 14.8 Å². The number of amides is 2. The van der Waals surface area contributed by atoms with E-state index in [-0.39, 0.29) is 17.4 Å². The number of nitrogens with one attached hydrogen (secondary N) is 1. The maximum atomic E-state index is 13.2. The molecule has 1 unspecified atom stereocenters. The fourth-order valence-electron chi connectivity index (χ4n) is 4.64. The quantitative estimate of drug-likeness (QED) is 0.734. The Hall–Kier alpha value is -3.12. The molecule has 2 saturated heterocycles. The van der Waals surface area contributed by atoms with Gasteiger partial charge in [-0.05, 0) is 49.9 Å². The molecule has 2 amide bonds. The molecule has 0 bridgehead atoms. The lowest BCUT2D eigenvalue weighted by molar-refractivity contribution is -0.123. The molecule has 2 aromatic carbocycles. The molecular weight excluding hydrogens is 364 g/mol. The summed E-state index contributed by atoms with van der Waals surface area (Å²) in [6.45, 7) is 2.30. The molecule has 0 radical (unpaired) electrons. The van der Waals surface area contributed by atoms with E-state index in [9.17, 15) is 9.59 Å². The number of rotatable bonds is 2. The predicted octanol–water partition coefficient (Wildman–Crippen LogP) is 2.73. The molecule has 6 heteroatoms. The van der Waals surface area contributed by atoms with Crippen molar-refractivity contribution in [2.45, 2.75) is 12.0 Å². The summed E-state index contributed by atoms with van der Waals surface area (Å²) in [5.41, 5.74) is 2.46. The van der Waals surface area contributed by atoms with Gasteiger partial charge in [-0.2, -0.15) is 0 Å². The Morgan fingerprint density at radius 3 is 2.72 bits per heavy atom. The Labute approximate surface area is 169 Å². The van der Waals surface area contributed by atoms with E-state index < -0.39 is 0 Å². The van der Waals surface area contributed by atoms with Crippen LogP contribution in [0.5, 0.6) is 0 Å². The van der Waals surface area contributed by atoms with Crippen molar-refractivity contribution in [2.75, 3.05) is 38.1 Å². The van der Waals surface area contributed by atoms with Gasteiger partial charge in [0.15, 0.2) is 0 Å². The Kier molecular flexibility index (Phi) is 4.17. The van der Waals surface area contributed by atoms with E-state index >= 15 is 0 Å². The van der Waals surface area contributed by atoms with Crippen LogP contribution in [-0.4, -0.2) is 65.4 Å². The van der Waals surface area contributed by atoms with E-state index in [1.165, 1.54) is 0 Å². The number of benzene rings is 2. The monoisotopic (exact) mass is 388 g/mol. The predicted molar refractivity (Wildman–Crippen MR) is 113 cm³/mol. The Morgan fingerprint density at radius 2 is 1.90 bits per heavy atom. The summed E-state index contributed by atoms with van der Waals surface area (Å²) < 4.78 is 0. The van der Waals surface area contributed by atoms with E-state index in [1.54, 1.807) is 0 Å². The highest BCUT2D eigenvalue weighted by atomic mass is 16.2. The molecule has 6 nitrogen and oxygen atoms in total. The molecule has 1 spiro atoms. The molecule has 1 N–H and O–H groups in total. The summed E-state index contributed by atoms with van der Waals surface area (Å²) >= 11 is 0. The molecule has 5 rings (SSSR count). The lowest BCUT2D eigenvalue weighted by atomic mass is 9.92. The van der Waals surface area contributed by atoms with Crippen molar-refractivity contribution in [3.63, 3.8) is 0 Å². The van der Waals surface area contributed by atoms with Crippen LogP contribution in [0.15, 0.2) is 60.8 Å². The lowest BCUT2D eigenvalue weighted by Gasteiger charge is -2.46. The number of H-pyrrole nitrogens is 1. The first-order valence-electron chi connectivity index (χ1n) is 9.99. The molecule has 2 fully saturated rings. The molecule has 0 aliphatic carbocycles. The van der Waals surface area contributed by atoms with E-state index in [0.29, 0.717) is 31.7 Å². The van der Waals surface area contributed by atoms with Gasteiger partial charge in [0.25, 0.3) is 5.91 Å². The third kappa shape index (κ3) is 3.00. The minimum Gasteiger partial charge on any atom is -0.361 e. The van der Waals surface area contributed by atoms with Crippen molar-refractivity contribution in [3.05, 3.63) is 66.4 Å². The number of aromatic amines is 1. The number of aromatic nitrogens is 1. The Morgan fingerprint density at radius 1 is 1.07 bits per heavy atom. The number of likely N-dealkylation sites (N-methyl/N-ethyl adjacent to an activating group) is 1. The number of anilines is 1. The number of hydrogen-bond donors (Lipinski definition) is 1. The highest BCUT2D eigenvalue weighted by Crippen LogP contribution is 2.34. The summed E-state index contributed by atoms with van der Waals surface area (Å²) in [5, 5.41) is 1.04. The number of likely N-dealkylation sites (tertiary alicyclic amines) is 1. The van der Waals surface area contributed by atoms with Crippen molar-refractivity contribution < 1.29 is 9.59 Å². The Balaban J connectivity index is 1.39. The SMILES string of the molecule is CN1CC(=O)N(c2ccccc2)CC12CCN(C(=O)c1ccc3[nH]ccc3c1)C2. The van der Waals surface area contributed by atoms with Crippen molar-refractivity contribution >= 4 is 28.4 Å². The van der Waals surface area contributed by atoms with Crippen LogP contribution in [0.4, 0.5) is 5.69 Å². The Bertz CT molecular complexity index is 1080. The van der Waals surface area contributed by atoms with Crippen molar-refractivity contribution in [3.8, 4) is 0 Å². The van der Waals surface area contributed by atoms with E-state index in [2.05, 4.69) is 9.88 Å². The van der Waals surface area contributed by atoms with E-state index in [4.69, 9.17) is 0 Å². The smallest absolute Gasteiger partial charge is 0.253 e. The lowest BCUT2D eigenvalue weighted by Crippen LogP contribution is -2.64. The summed E-state index contributed by atoms with van der Waals surface area (Å²) in [6.07, 6.45) is 2.74. The highest BCUT2D eigenvalue weighted by molar-refractivity contribution is 5.99. The van der Waals surface area contributed by atoms with Crippen molar-refractivity contribution in [1.29, 1.82) is 0 Å². The van der Waals surface area contributed by atoms with Gasteiger partial charge in [-0.15, -0.1) is 0 Å². The first-order chi connectivity index (χ1) is 14.1. The first kappa shape index (κ1) is 17.9. The fraction of sp³-hybridized carbons (Fsp3) is 0.304. The number of nitrogens with zero attached hydrogens (tertiary/aromatic N) is 3. The average molecular weight is 388 g/mol. The largest absolute Gasteiger partial charge is 0.361 e. The van der Waals surface area contributed by atoms with Gasteiger partial charge in [-0.3, -0.25) is 14.5 Å². The number of carbonyl (C=O) groups excluding carboxylic acids is 2. The number of hydrogen-bond acceptors (Lipinski definition) is 3. The van der Waals surface area contributed by atoms with Gasteiger partial charge >= 0.3 is 0 Å². The van der Waals surface area contributed by atoms with Crippen LogP contribution < -0.4 is 4.90 Å². The topological polar surface area (TPSA) is 59.7 Å². The molecule has 2 aliphatic rings. The third-order valence-corrected chi connectivity index (χ3v) is 6.42. The zero-order valence-electron chi connectivity index (χ0n) is 16.5. The van der Waals surface area contributed by atoms with Crippen LogP contribution in [0.3, 0.4) is 0 Å². The van der Waals surface area contributed by atoms with Gasteiger partial charge < -0.3 is 14.8 Å². The van der Waals surface area contributed by atoms with Crippen LogP contribution in [0, 0.1) is 0 Å². The van der Waals surface area contributed by atoms with Crippen LogP contribution in [0.25, 0.3) is 10.9 Å². The molecule has 3 aromatic rings. The normalized spacial score (nSPS) is 22.7. The number of piperazine rings is 1. The molecule has 148 valence electrons. The maximum Gasteiger partial charge on any atom is 0.253 e. The molecule has 1 atom stereocenters. The van der Waals surface area contributed by atoms with Crippen molar-refractivity contribution in [2.24, 2.45) is 0 Å². The van der Waals surface area contributed by atoms with Gasteiger partial charge in [0.05, 0.1) is 12.1 Å². The van der Waals surface area contributed by atoms with E-state index in [0.717, 1.165) is 23.0 Å². The minimum atomic E-state index is -0.211. The molecule has 0 saturated carbocycles. The fourth-order valence-corrected chi connectivity index (χ4v) is 4.64. The van der Waals surface area contributed by atoms with Crippen LogP contribution in [-0.2, 0) is 4.79 Å². The second-order valence-electron chi connectivity index (χ2n) is 8.15. The summed E-state index contributed by atoms with van der Waals surface area (Å²) in [5.74, 6) is 0.161. The summed E-state index contributed by atoms with van der Waals surface area (Å²) in [4.78, 5) is 35.0. The second-order valence-corrected chi connectivity index (χ2v) is 8.15. The van der Waals surface area contributed by atoms with E-state index in [1.807, 2.05) is 77.6 Å². The highest BCUT2D eigenvalue weighted by Gasteiger charge is 2.48. The van der Waals surface area contributed by atoms with Gasteiger partial charge in [0.1, 0.15) is 0 Å². The second kappa shape index (κ2) is 6.74. The molecule has 3 heterocycles. The minimum absolute atomic E-state index is 0.0570. The van der Waals surface area contributed by atoms with Gasteiger partial charge in [-0.25, -0.2) is 0 Å². The van der Waals surface area contributed by atoms with Gasteiger partial charge in [0, 0.05) is 48.0 Å². The molecule has 1 aromatic heterocycles. The van der Waals surface area contributed by atoms with Gasteiger partial charge in [-0.1, -0.05) is 18.2 Å². The standard InChI is InChI=1S/C23H24N4O2/c1-25-14-21(28)27(19-5-3-2-4-6-19)16-23(25)10-12-26(15-23)22(29)18-7-8-20-17(13-18)9-11-24-20/h2-9,11,13,24H,10,12,14-16H2,1H3. The van der Waals surface area contributed by atoms with Crippen LogP contribution >= 0.6 is 0 Å². The first-order valence-corrected chi connectivity index (χ1v) is 9.99. The summed E-state index contributed by atoms with van der Waals surface area (Å²) in [7, 11) is 2.00. The zero-order valence-corrected chi connectivity index (χ0v) is 16.5. The number of carbonyl (C=O) groups is 2. The number of para-hydroxylation sites is 1. The zero-order chi connectivity index (χ0) is 20.0. The summed E-state index contributed by atoms with van der Waals surface area (Å²) in [6, 6.07) is 17.6. The van der Waals surface area contributed by atoms with Gasteiger partial charge in [0.2, 0.25) is 5.91 Å². The van der Waals surface area contributed by atoms with Crippen LogP contribution in [0.1, 0.15) is 16.8 Å². The molecular formula is C23H24N4O2. The maximum absolute atomic E-state index is 13.2. The van der Waals surface area contributed by atoms with Crippen LogP contribution in [0.2, 0.25) is 0 Å². The average Bonchev–Trinajstić information content (AvgIpc) is 3.38. The molecule has 2 aliphatic heterocycles. The molecule has 29 heavy (non-hydrogen) atoms.